The number of hydrogen-bond donors (Lipinski definition) is 4. The summed E-state index contributed by atoms with van der Waals surface area (Å²) in [7, 11) is 0. The summed E-state index contributed by atoms with van der Waals surface area (Å²) in [6.45, 7) is -0.353. The number of aromatic hydroxyl groups is 2. The summed E-state index contributed by atoms with van der Waals surface area (Å²) in [6.07, 6.45) is -5.06. The van der Waals surface area contributed by atoms with Crippen molar-refractivity contribution in [3.8, 4) is 11.5 Å². The van der Waals surface area contributed by atoms with Gasteiger partial charge in [-0.05, 0) is 24.3 Å². The van der Waals surface area contributed by atoms with Crippen molar-refractivity contribution in [3.05, 3.63) is 59.7 Å². The van der Waals surface area contributed by atoms with Crippen molar-refractivity contribution in [2.75, 3.05) is 13.2 Å². The molecule has 2 aromatic carbocycles. The first-order valence-corrected chi connectivity index (χ1v) is 9.00. The minimum absolute atomic E-state index is 0.0410. The van der Waals surface area contributed by atoms with E-state index in [9.17, 15) is 20.4 Å². The molecule has 0 saturated carbocycles. The zero-order valence-corrected chi connectivity index (χ0v) is 14.9. The predicted molar refractivity (Wildman–Crippen MR) is 95.4 cm³/mol. The summed E-state index contributed by atoms with van der Waals surface area (Å²) < 4.78 is 23.5. The molecule has 0 aromatic heterocycles. The molecular weight excluding hydrogens is 368 g/mol. The van der Waals surface area contributed by atoms with Crippen molar-refractivity contribution in [1.29, 1.82) is 0 Å². The van der Waals surface area contributed by atoms with Crippen LogP contribution >= 0.6 is 0 Å². The standard InChI is InChI=1S/C20H22O8/c21-9-15-18-17(24)16(27-20(28-18)12-3-7-14(23)8-4-12)10-25-19(26-15)11-1-5-13(22)6-2-11/h1-8,15-24H,9-10H2/t15-,16+,17+,18+,19?,20?/m0/s1. The first kappa shape index (κ1) is 19.1. The molecule has 2 fully saturated rings. The van der Waals surface area contributed by atoms with Crippen LogP contribution in [0.4, 0.5) is 0 Å². The van der Waals surface area contributed by atoms with Crippen LogP contribution in [0.25, 0.3) is 0 Å². The van der Waals surface area contributed by atoms with Crippen LogP contribution in [0.3, 0.4) is 0 Å². The SMILES string of the molecule is OC[C@@H]1OC(c2ccc(O)cc2)OC[C@H]2OC(c3ccc(O)cc3)O[C@H]1[C@@H]2O. The second kappa shape index (κ2) is 8.04. The highest BCUT2D eigenvalue weighted by Crippen LogP contribution is 2.37. The zero-order valence-electron chi connectivity index (χ0n) is 14.9. The number of fused-ring (bicyclic) bond motifs is 2. The van der Waals surface area contributed by atoms with E-state index >= 15 is 0 Å². The number of ether oxygens (including phenoxy) is 4. The number of phenolic OH excluding ortho intramolecular Hbond substituents is 2. The largest absolute Gasteiger partial charge is 0.508 e. The topological polar surface area (TPSA) is 118 Å². The minimum atomic E-state index is -1.05. The molecule has 2 saturated heterocycles. The Morgan fingerprint density at radius 2 is 1.36 bits per heavy atom. The van der Waals surface area contributed by atoms with Crippen LogP contribution in [0.2, 0.25) is 0 Å². The van der Waals surface area contributed by atoms with E-state index in [4.69, 9.17) is 18.9 Å². The Morgan fingerprint density at radius 1 is 0.786 bits per heavy atom. The number of benzene rings is 2. The van der Waals surface area contributed by atoms with E-state index in [-0.39, 0.29) is 18.1 Å². The Kier molecular flexibility index (Phi) is 5.49. The quantitative estimate of drug-likeness (QED) is 0.620. The highest BCUT2D eigenvalue weighted by molar-refractivity contribution is 5.28. The number of aliphatic hydroxyl groups excluding tert-OH is 2. The summed E-state index contributed by atoms with van der Waals surface area (Å²) in [4.78, 5) is 0. The molecule has 2 bridgehead atoms. The third-order valence-corrected chi connectivity index (χ3v) is 4.88. The molecule has 0 radical (unpaired) electrons. The number of rotatable bonds is 3. The fraction of sp³-hybridized carbons (Fsp3) is 0.400. The van der Waals surface area contributed by atoms with Gasteiger partial charge in [0, 0.05) is 11.1 Å². The van der Waals surface area contributed by atoms with Crippen LogP contribution in [0.1, 0.15) is 23.7 Å². The zero-order chi connectivity index (χ0) is 19.7. The maximum atomic E-state index is 10.6. The molecule has 8 heteroatoms. The third kappa shape index (κ3) is 3.83. The molecule has 6 atom stereocenters. The lowest BCUT2D eigenvalue weighted by Crippen LogP contribution is -2.57. The second-order valence-corrected chi connectivity index (χ2v) is 6.80. The normalized spacial score (nSPS) is 33.1. The molecule has 4 rings (SSSR count). The van der Waals surface area contributed by atoms with Gasteiger partial charge in [-0.1, -0.05) is 24.3 Å². The van der Waals surface area contributed by atoms with E-state index < -0.39 is 43.6 Å². The fourth-order valence-electron chi connectivity index (χ4n) is 3.35. The molecule has 2 aliphatic rings. The van der Waals surface area contributed by atoms with E-state index in [1.807, 2.05) is 0 Å². The van der Waals surface area contributed by atoms with Gasteiger partial charge < -0.3 is 39.4 Å². The van der Waals surface area contributed by atoms with Crippen molar-refractivity contribution in [3.63, 3.8) is 0 Å². The molecule has 2 aliphatic heterocycles. The van der Waals surface area contributed by atoms with Gasteiger partial charge in [0.1, 0.15) is 35.9 Å². The smallest absolute Gasteiger partial charge is 0.184 e. The van der Waals surface area contributed by atoms with Crippen LogP contribution in [0.15, 0.2) is 48.5 Å². The van der Waals surface area contributed by atoms with Crippen LogP contribution in [0.5, 0.6) is 11.5 Å². The summed E-state index contributed by atoms with van der Waals surface area (Å²) >= 11 is 0. The van der Waals surface area contributed by atoms with Gasteiger partial charge in [-0.15, -0.1) is 0 Å². The summed E-state index contributed by atoms with van der Waals surface area (Å²) in [5.41, 5.74) is 1.31. The Morgan fingerprint density at radius 3 is 1.93 bits per heavy atom. The van der Waals surface area contributed by atoms with E-state index in [0.29, 0.717) is 11.1 Å². The van der Waals surface area contributed by atoms with Gasteiger partial charge in [0.05, 0.1) is 13.2 Å². The number of hydrogen-bond acceptors (Lipinski definition) is 8. The van der Waals surface area contributed by atoms with Crippen LogP contribution in [0, 0.1) is 0 Å². The fourth-order valence-corrected chi connectivity index (χ4v) is 3.35. The maximum absolute atomic E-state index is 10.6. The van der Waals surface area contributed by atoms with Crippen LogP contribution in [-0.2, 0) is 18.9 Å². The highest BCUT2D eigenvalue weighted by atomic mass is 16.8. The van der Waals surface area contributed by atoms with Crippen LogP contribution in [-0.4, -0.2) is 58.1 Å². The third-order valence-electron chi connectivity index (χ3n) is 4.88. The van der Waals surface area contributed by atoms with Crippen molar-refractivity contribution in [2.45, 2.75) is 37.0 Å². The molecule has 150 valence electrons. The lowest BCUT2D eigenvalue weighted by atomic mass is 10.00. The molecule has 8 nitrogen and oxygen atoms in total. The Hall–Kier alpha value is -2.20. The Labute approximate surface area is 161 Å². The van der Waals surface area contributed by atoms with E-state index in [1.54, 1.807) is 24.3 Å². The summed E-state index contributed by atoms with van der Waals surface area (Å²) in [6, 6.07) is 12.7. The second-order valence-electron chi connectivity index (χ2n) is 6.80. The molecule has 0 amide bonds. The minimum Gasteiger partial charge on any atom is -0.508 e. The van der Waals surface area contributed by atoms with Crippen LogP contribution < -0.4 is 0 Å². The lowest BCUT2D eigenvalue weighted by Gasteiger charge is -2.45. The van der Waals surface area contributed by atoms with Gasteiger partial charge in [-0.3, -0.25) is 0 Å². The summed E-state index contributed by atoms with van der Waals surface area (Å²) in [5.74, 6) is 0.231. The van der Waals surface area contributed by atoms with E-state index in [1.165, 1.54) is 24.3 Å². The highest BCUT2D eigenvalue weighted by Gasteiger charge is 2.46. The summed E-state index contributed by atoms with van der Waals surface area (Å²) in [5, 5.41) is 39.4. The maximum Gasteiger partial charge on any atom is 0.184 e. The molecular formula is C20H22O8. The van der Waals surface area contributed by atoms with Crippen molar-refractivity contribution in [1.82, 2.24) is 0 Å². The molecule has 28 heavy (non-hydrogen) atoms. The van der Waals surface area contributed by atoms with Gasteiger partial charge in [0.15, 0.2) is 12.6 Å². The number of phenols is 2. The first-order valence-electron chi connectivity index (χ1n) is 9.00. The lowest BCUT2D eigenvalue weighted by molar-refractivity contribution is -0.352. The van der Waals surface area contributed by atoms with Crippen molar-refractivity contribution >= 4 is 0 Å². The van der Waals surface area contributed by atoms with Crippen molar-refractivity contribution < 1.29 is 39.4 Å². The molecule has 2 heterocycles. The van der Waals surface area contributed by atoms with E-state index in [2.05, 4.69) is 0 Å². The number of aliphatic hydroxyl groups is 2. The first-order chi connectivity index (χ1) is 13.5. The predicted octanol–water partition coefficient (Wildman–Crippen LogP) is 1.35. The van der Waals surface area contributed by atoms with Gasteiger partial charge in [-0.25, -0.2) is 0 Å². The Bertz CT molecular complexity index is 732. The molecule has 2 unspecified atom stereocenters. The molecule has 2 aromatic rings. The van der Waals surface area contributed by atoms with Gasteiger partial charge in [0.25, 0.3) is 0 Å². The van der Waals surface area contributed by atoms with Gasteiger partial charge >= 0.3 is 0 Å². The Balaban J connectivity index is 1.57. The van der Waals surface area contributed by atoms with Gasteiger partial charge in [0.2, 0.25) is 0 Å². The molecule has 4 N–H and O–H groups in total. The average Bonchev–Trinajstić information content (AvgIpc) is 2.71. The monoisotopic (exact) mass is 390 g/mol. The van der Waals surface area contributed by atoms with Crippen molar-refractivity contribution in [2.24, 2.45) is 0 Å². The molecule has 0 aliphatic carbocycles. The van der Waals surface area contributed by atoms with E-state index in [0.717, 1.165) is 0 Å². The average molecular weight is 390 g/mol. The van der Waals surface area contributed by atoms with Gasteiger partial charge in [-0.2, -0.15) is 0 Å². The molecule has 0 spiro atoms.